The highest BCUT2D eigenvalue weighted by Gasteiger charge is 2.24. The van der Waals surface area contributed by atoms with E-state index in [0.717, 1.165) is 31.7 Å². The summed E-state index contributed by atoms with van der Waals surface area (Å²) in [7, 11) is 0. The highest BCUT2D eigenvalue weighted by molar-refractivity contribution is 6.30. The minimum absolute atomic E-state index is 0.140. The SMILES string of the molecule is CC(OC(=O)c1cc(Cl)ccc1F)C(=O)NC1CCCC1. The molecule has 1 amide bonds. The summed E-state index contributed by atoms with van der Waals surface area (Å²) in [5.41, 5.74) is -0.275. The fraction of sp³-hybridized carbons (Fsp3) is 0.467. The standard InChI is InChI=1S/C15H17ClFNO3/c1-9(14(19)18-11-4-2-3-5-11)21-15(20)12-8-10(16)6-7-13(12)17/h6-9,11H,2-5H2,1H3,(H,18,19). The van der Waals surface area contributed by atoms with Crippen molar-refractivity contribution in [3.8, 4) is 0 Å². The molecular weight excluding hydrogens is 297 g/mol. The number of carbonyl (C=O) groups excluding carboxylic acids is 2. The Balaban J connectivity index is 1.94. The lowest BCUT2D eigenvalue weighted by molar-refractivity contribution is -0.129. The Morgan fingerprint density at radius 3 is 2.71 bits per heavy atom. The molecule has 0 aliphatic heterocycles. The smallest absolute Gasteiger partial charge is 0.341 e. The minimum atomic E-state index is -0.975. The van der Waals surface area contributed by atoms with Crippen LogP contribution in [0.3, 0.4) is 0 Å². The molecule has 0 aromatic heterocycles. The molecule has 1 aliphatic carbocycles. The van der Waals surface area contributed by atoms with Crippen LogP contribution in [-0.2, 0) is 9.53 Å². The van der Waals surface area contributed by atoms with E-state index in [-0.39, 0.29) is 22.5 Å². The van der Waals surface area contributed by atoms with E-state index in [9.17, 15) is 14.0 Å². The van der Waals surface area contributed by atoms with Gasteiger partial charge >= 0.3 is 5.97 Å². The van der Waals surface area contributed by atoms with Crippen LogP contribution in [0.1, 0.15) is 43.0 Å². The van der Waals surface area contributed by atoms with E-state index in [2.05, 4.69) is 5.32 Å². The first-order valence-corrected chi connectivity index (χ1v) is 7.31. The van der Waals surface area contributed by atoms with Crippen molar-refractivity contribution in [1.82, 2.24) is 5.32 Å². The van der Waals surface area contributed by atoms with Gasteiger partial charge in [-0.2, -0.15) is 0 Å². The van der Waals surface area contributed by atoms with E-state index in [1.165, 1.54) is 19.1 Å². The van der Waals surface area contributed by atoms with Crippen molar-refractivity contribution in [3.63, 3.8) is 0 Å². The second kappa shape index (κ2) is 6.89. The highest BCUT2D eigenvalue weighted by atomic mass is 35.5. The van der Waals surface area contributed by atoms with Crippen molar-refractivity contribution in [2.24, 2.45) is 0 Å². The van der Waals surface area contributed by atoms with Crippen LogP contribution in [-0.4, -0.2) is 24.0 Å². The number of rotatable bonds is 4. The number of ether oxygens (including phenoxy) is 1. The van der Waals surface area contributed by atoms with Crippen LogP contribution >= 0.6 is 11.6 Å². The number of esters is 1. The largest absolute Gasteiger partial charge is 0.449 e. The molecule has 2 rings (SSSR count). The minimum Gasteiger partial charge on any atom is -0.449 e. The van der Waals surface area contributed by atoms with E-state index in [4.69, 9.17) is 16.3 Å². The highest BCUT2D eigenvalue weighted by Crippen LogP contribution is 2.19. The van der Waals surface area contributed by atoms with Crippen LogP contribution in [0, 0.1) is 5.82 Å². The maximum atomic E-state index is 13.5. The molecule has 1 aromatic rings. The van der Waals surface area contributed by atoms with Crippen molar-refractivity contribution in [3.05, 3.63) is 34.6 Å². The summed E-state index contributed by atoms with van der Waals surface area (Å²) in [5.74, 6) is -1.99. The molecule has 4 nitrogen and oxygen atoms in total. The van der Waals surface area contributed by atoms with Gasteiger partial charge in [0.25, 0.3) is 5.91 Å². The van der Waals surface area contributed by atoms with Crippen LogP contribution in [0.2, 0.25) is 5.02 Å². The number of benzene rings is 1. The van der Waals surface area contributed by atoms with Gasteiger partial charge in [0, 0.05) is 11.1 Å². The third-order valence-corrected chi connectivity index (χ3v) is 3.74. The van der Waals surface area contributed by atoms with Crippen LogP contribution < -0.4 is 5.32 Å². The normalized spacial score (nSPS) is 16.5. The van der Waals surface area contributed by atoms with Gasteiger partial charge in [0.15, 0.2) is 6.10 Å². The van der Waals surface area contributed by atoms with Crippen molar-refractivity contribution in [2.75, 3.05) is 0 Å². The molecule has 0 heterocycles. The summed E-state index contributed by atoms with van der Waals surface area (Å²) in [4.78, 5) is 23.8. The lowest BCUT2D eigenvalue weighted by atomic mass is 10.2. The Kier molecular flexibility index (Phi) is 5.17. The Morgan fingerprint density at radius 2 is 2.05 bits per heavy atom. The molecule has 1 N–H and O–H groups in total. The van der Waals surface area contributed by atoms with Gasteiger partial charge in [-0.1, -0.05) is 24.4 Å². The number of carbonyl (C=O) groups is 2. The zero-order valence-corrected chi connectivity index (χ0v) is 12.5. The fourth-order valence-electron chi connectivity index (χ4n) is 2.32. The molecule has 1 unspecified atom stereocenters. The van der Waals surface area contributed by atoms with Crippen LogP contribution in [0.4, 0.5) is 4.39 Å². The van der Waals surface area contributed by atoms with Crippen LogP contribution in [0.15, 0.2) is 18.2 Å². The number of nitrogens with one attached hydrogen (secondary N) is 1. The second-order valence-corrected chi connectivity index (χ2v) is 5.60. The third-order valence-electron chi connectivity index (χ3n) is 3.50. The van der Waals surface area contributed by atoms with Gasteiger partial charge in [-0.05, 0) is 38.0 Å². The van der Waals surface area contributed by atoms with Crippen LogP contribution in [0.5, 0.6) is 0 Å². The molecule has 21 heavy (non-hydrogen) atoms. The quantitative estimate of drug-likeness (QED) is 0.869. The molecule has 114 valence electrons. The molecule has 6 heteroatoms. The maximum absolute atomic E-state index is 13.5. The Bertz CT molecular complexity index is 544. The molecule has 0 spiro atoms. The summed E-state index contributed by atoms with van der Waals surface area (Å²) in [6.07, 6.45) is 3.08. The first kappa shape index (κ1) is 15.8. The maximum Gasteiger partial charge on any atom is 0.341 e. The predicted molar refractivity (Wildman–Crippen MR) is 76.7 cm³/mol. The average molecular weight is 314 g/mol. The van der Waals surface area contributed by atoms with Crippen molar-refractivity contribution < 1.29 is 18.7 Å². The molecule has 1 aliphatic rings. The Labute approximate surface area is 127 Å². The topological polar surface area (TPSA) is 55.4 Å². The second-order valence-electron chi connectivity index (χ2n) is 5.16. The molecule has 1 aromatic carbocycles. The van der Waals surface area contributed by atoms with E-state index < -0.39 is 17.9 Å². The van der Waals surface area contributed by atoms with E-state index in [1.807, 2.05) is 0 Å². The van der Waals surface area contributed by atoms with Gasteiger partial charge in [-0.15, -0.1) is 0 Å². The van der Waals surface area contributed by atoms with E-state index in [1.54, 1.807) is 0 Å². The number of halogens is 2. The summed E-state index contributed by atoms with van der Waals surface area (Å²) < 4.78 is 18.5. The summed E-state index contributed by atoms with van der Waals surface area (Å²) in [6, 6.07) is 3.74. The van der Waals surface area contributed by atoms with Gasteiger partial charge in [0.1, 0.15) is 5.82 Å². The number of amides is 1. The summed E-state index contributed by atoms with van der Waals surface area (Å²) in [6.45, 7) is 1.46. The average Bonchev–Trinajstić information content (AvgIpc) is 2.94. The first-order valence-electron chi connectivity index (χ1n) is 6.94. The first-order chi connectivity index (χ1) is 9.97. The van der Waals surface area contributed by atoms with Gasteiger partial charge in [-0.3, -0.25) is 4.79 Å². The van der Waals surface area contributed by atoms with Gasteiger partial charge in [-0.25, -0.2) is 9.18 Å². The zero-order valence-electron chi connectivity index (χ0n) is 11.7. The lowest BCUT2D eigenvalue weighted by Gasteiger charge is -2.17. The zero-order chi connectivity index (χ0) is 15.4. The summed E-state index contributed by atoms with van der Waals surface area (Å²) >= 11 is 5.72. The van der Waals surface area contributed by atoms with Gasteiger partial charge in [0.2, 0.25) is 0 Å². The van der Waals surface area contributed by atoms with Crippen molar-refractivity contribution in [2.45, 2.75) is 44.8 Å². The number of hydrogen-bond donors (Lipinski definition) is 1. The van der Waals surface area contributed by atoms with Crippen LogP contribution in [0.25, 0.3) is 0 Å². The lowest BCUT2D eigenvalue weighted by Crippen LogP contribution is -2.40. The molecule has 1 atom stereocenters. The summed E-state index contributed by atoms with van der Waals surface area (Å²) in [5, 5.41) is 3.05. The molecule has 1 fully saturated rings. The number of hydrogen-bond acceptors (Lipinski definition) is 3. The monoisotopic (exact) mass is 313 g/mol. The van der Waals surface area contributed by atoms with Crippen molar-refractivity contribution >= 4 is 23.5 Å². The molecular formula is C15H17ClFNO3. The Morgan fingerprint density at radius 1 is 1.38 bits per heavy atom. The Hall–Kier alpha value is -1.62. The van der Waals surface area contributed by atoms with E-state index in [0.29, 0.717) is 0 Å². The molecule has 0 saturated heterocycles. The molecule has 0 radical (unpaired) electrons. The van der Waals surface area contributed by atoms with E-state index >= 15 is 0 Å². The molecule has 1 saturated carbocycles. The van der Waals surface area contributed by atoms with Gasteiger partial charge < -0.3 is 10.1 Å². The molecule has 0 bridgehead atoms. The third kappa shape index (κ3) is 4.17. The fourth-order valence-corrected chi connectivity index (χ4v) is 2.49. The van der Waals surface area contributed by atoms with Gasteiger partial charge in [0.05, 0.1) is 5.56 Å². The van der Waals surface area contributed by atoms with Crippen molar-refractivity contribution in [1.29, 1.82) is 0 Å². The predicted octanol–water partition coefficient (Wildman–Crippen LogP) is 3.08.